The molecule has 0 aromatic carbocycles. The number of fused-ring (bicyclic) bond motifs is 6. The highest BCUT2D eigenvalue weighted by Crippen LogP contribution is 2.52. The molecule has 4 unspecified atom stereocenters. The Bertz CT molecular complexity index is 866. The predicted octanol–water partition coefficient (Wildman–Crippen LogP) is 0.704. The molecule has 3 heterocycles. The number of halogens is 1. The second-order valence-electron chi connectivity index (χ2n) is 8.24. The van der Waals surface area contributed by atoms with Gasteiger partial charge in [-0.25, -0.2) is 4.99 Å². The minimum atomic E-state index is -0.130. The second-order valence-corrected chi connectivity index (χ2v) is 8.24. The van der Waals surface area contributed by atoms with Crippen LogP contribution in [0.1, 0.15) is 31.4 Å². The Hall–Kier alpha value is -1.98. The SMILES string of the molecule is CCNC(=NCc1nnc2n1CCC2)NCCN1C(=O)C2C3C=CC(C3)C2C1=O.I. The number of hydrogen-bond acceptors (Lipinski definition) is 5. The van der Waals surface area contributed by atoms with Gasteiger partial charge in [-0.3, -0.25) is 14.5 Å². The zero-order valence-electron chi connectivity index (χ0n) is 17.1. The molecular weight excluding hydrogens is 497 g/mol. The van der Waals surface area contributed by atoms with Crippen LogP contribution in [0.2, 0.25) is 0 Å². The molecule has 2 bridgehead atoms. The standard InChI is InChI=1S/C20H27N7O2.HI/c1-2-21-20(23-11-15-25-24-14-4-3-8-26(14)15)22-7-9-27-18(28)16-12-5-6-13(10-12)17(16)19(27)29;/h5-6,12-13,16-17H,2-4,7-11H2,1H3,(H2,21,22,23);1H. The van der Waals surface area contributed by atoms with E-state index in [-0.39, 0.29) is 59.5 Å². The summed E-state index contributed by atoms with van der Waals surface area (Å²) < 4.78 is 2.13. The number of aliphatic imine (C=N–C) groups is 1. The van der Waals surface area contributed by atoms with E-state index in [9.17, 15) is 9.59 Å². The van der Waals surface area contributed by atoms with Gasteiger partial charge < -0.3 is 15.2 Å². The van der Waals surface area contributed by atoms with E-state index in [1.165, 1.54) is 4.90 Å². The van der Waals surface area contributed by atoms with Crippen molar-refractivity contribution in [3.63, 3.8) is 0 Å². The topological polar surface area (TPSA) is 105 Å². The molecule has 2 fully saturated rings. The van der Waals surface area contributed by atoms with E-state index in [0.29, 0.717) is 25.6 Å². The Kier molecular flexibility index (Phi) is 6.12. The summed E-state index contributed by atoms with van der Waals surface area (Å²) in [7, 11) is 0. The average molecular weight is 525 g/mol. The number of hydrogen-bond donors (Lipinski definition) is 2. The normalized spacial score (nSPS) is 28.7. The Morgan fingerprint density at radius 3 is 2.60 bits per heavy atom. The first-order valence-corrected chi connectivity index (χ1v) is 10.6. The maximum Gasteiger partial charge on any atom is 0.233 e. The lowest BCUT2D eigenvalue weighted by Crippen LogP contribution is -2.43. The first-order valence-electron chi connectivity index (χ1n) is 10.6. The molecule has 0 radical (unpaired) electrons. The van der Waals surface area contributed by atoms with Gasteiger partial charge in [-0.2, -0.15) is 0 Å². The number of likely N-dealkylation sites (tertiary alicyclic amines) is 1. The summed E-state index contributed by atoms with van der Waals surface area (Å²) in [5.74, 6) is 2.81. The fourth-order valence-corrected chi connectivity index (χ4v) is 5.29. The molecule has 0 spiro atoms. The Morgan fingerprint density at radius 2 is 1.90 bits per heavy atom. The third kappa shape index (κ3) is 3.52. The molecule has 2 aliphatic heterocycles. The molecule has 10 heteroatoms. The number of rotatable bonds is 6. The number of nitrogens with zero attached hydrogens (tertiary/aromatic N) is 5. The lowest BCUT2D eigenvalue weighted by atomic mass is 9.85. The van der Waals surface area contributed by atoms with E-state index < -0.39 is 0 Å². The van der Waals surface area contributed by atoms with Gasteiger partial charge >= 0.3 is 0 Å². The summed E-state index contributed by atoms with van der Waals surface area (Å²) in [6, 6.07) is 0. The van der Waals surface area contributed by atoms with E-state index in [4.69, 9.17) is 0 Å². The number of imide groups is 1. The average Bonchev–Trinajstić information content (AvgIpc) is 3.50. The van der Waals surface area contributed by atoms with E-state index in [1.54, 1.807) is 0 Å². The van der Waals surface area contributed by atoms with Gasteiger partial charge in [0.25, 0.3) is 0 Å². The molecule has 1 aromatic rings. The van der Waals surface area contributed by atoms with Crippen molar-refractivity contribution in [2.24, 2.45) is 28.7 Å². The van der Waals surface area contributed by atoms with Gasteiger partial charge in [0.1, 0.15) is 12.4 Å². The molecule has 2 amide bonds. The lowest BCUT2D eigenvalue weighted by molar-refractivity contribution is -0.140. The van der Waals surface area contributed by atoms with Crippen molar-refractivity contribution >= 4 is 41.8 Å². The molecule has 2 aliphatic carbocycles. The molecule has 162 valence electrons. The molecule has 30 heavy (non-hydrogen) atoms. The van der Waals surface area contributed by atoms with Gasteiger partial charge in [0.2, 0.25) is 11.8 Å². The Morgan fingerprint density at radius 1 is 1.17 bits per heavy atom. The minimum Gasteiger partial charge on any atom is -0.357 e. The van der Waals surface area contributed by atoms with Gasteiger partial charge in [0.05, 0.1) is 11.8 Å². The van der Waals surface area contributed by atoms with Gasteiger partial charge in [-0.1, -0.05) is 12.2 Å². The number of carbonyl (C=O) groups is 2. The van der Waals surface area contributed by atoms with E-state index in [0.717, 1.165) is 44.0 Å². The number of amides is 2. The van der Waals surface area contributed by atoms with Crippen LogP contribution in [-0.4, -0.2) is 57.1 Å². The maximum absolute atomic E-state index is 12.8. The molecule has 1 aromatic heterocycles. The van der Waals surface area contributed by atoms with Crippen LogP contribution in [0.5, 0.6) is 0 Å². The number of allylic oxidation sites excluding steroid dienone is 2. The van der Waals surface area contributed by atoms with Crippen molar-refractivity contribution in [2.45, 2.75) is 39.3 Å². The first-order chi connectivity index (χ1) is 14.2. The summed E-state index contributed by atoms with van der Waals surface area (Å²) in [4.78, 5) is 31.6. The number of carbonyl (C=O) groups excluding carboxylic acids is 2. The fourth-order valence-electron chi connectivity index (χ4n) is 5.29. The van der Waals surface area contributed by atoms with Crippen LogP contribution in [0, 0.1) is 23.7 Å². The van der Waals surface area contributed by atoms with E-state index >= 15 is 0 Å². The summed E-state index contributed by atoms with van der Waals surface area (Å²) in [6.45, 7) is 4.98. The van der Waals surface area contributed by atoms with Gasteiger partial charge in [0.15, 0.2) is 11.8 Å². The quantitative estimate of drug-likeness (QED) is 0.187. The molecule has 4 atom stereocenters. The van der Waals surface area contributed by atoms with Gasteiger partial charge in [-0.05, 0) is 31.6 Å². The zero-order valence-corrected chi connectivity index (χ0v) is 19.4. The summed E-state index contributed by atoms with van der Waals surface area (Å²) in [6.07, 6.45) is 7.29. The minimum absolute atomic E-state index is 0. The maximum atomic E-state index is 12.8. The monoisotopic (exact) mass is 525 g/mol. The summed E-state index contributed by atoms with van der Waals surface area (Å²) >= 11 is 0. The van der Waals surface area contributed by atoms with Crippen molar-refractivity contribution in [3.05, 3.63) is 23.8 Å². The van der Waals surface area contributed by atoms with Crippen LogP contribution in [0.25, 0.3) is 0 Å². The molecule has 9 nitrogen and oxygen atoms in total. The van der Waals surface area contributed by atoms with Crippen LogP contribution in [0.15, 0.2) is 17.1 Å². The largest absolute Gasteiger partial charge is 0.357 e. The van der Waals surface area contributed by atoms with Crippen molar-refractivity contribution in [1.29, 1.82) is 0 Å². The van der Waals surface area contributed by atoms with E-state index in [1.807, 2.05) is 6.92 Å². The highest BCUT2D eigenvalue weighted by molar-refractivity contribution is 14.0. The zero-order chi connectivity index (χ0) is 20.0. The first kappa shape index (κ1) is 21.3. The van der Waals surface area contributed by atoms with Crippen LogP contribution >= 0.6 is 24.0 Å². The summed E-state index contributed by atoms with van der Waals surface area (Å²) in [5.41, 5.74) is 0. The number of aryl methyl sites for hydroxylation is 1. The van der Waals surface area contributed by atoms with Crippen LogP contribution < -0.4 is 10.6 Å². The van der Waals surface area contributed by atoms with Crippen molar-refractivity contribution in [3.8, 4) is 0 Å². The van der Waals surface area contributed by atoms with Gasteiger partial charge in [-0.15, -0.1) is 34.2 Å². The Balaban J connectivity index is 0.00000218. The molecule has 2 N–H and O–H groups in total. The van der Waals surface area contributed by atoms with Crippen LogP contribution in [-0.2, 0) is 29.1 Å². The smallest absolute Gasteiger partial charge is 0.233 e. The van der Waals surface area contributed by atoms with Crippen molar-refractivity contribution < 1.29 is 9.59 Å². The molecule has 1 saturated heterocycles. The van der Waals surface area contributed by atoms with Crippen molar-refractivity contribution in [1.82, 2.24) is 30.3 Å². The van der Waals surface area contributed by atoms with E-state index in [2.05, 4.69) is 42.5 Å². The molecular formula is C20H28IN7O2. The predicted molar refractivity (Wildman–Crippen MR) is 121 cm³/mol. The number of guanidine groups is 1. The molecule has 4 aliphatic rings. The third-order valence-corrected chi connectivity index (χ3v) is 6.60. The Labute approximate surface area is 192 Å². The highest BCUT2D eigenvalue weighted by Gasteiger charge is 2.58. The van der Waals surface area contributed by atoms with Crippen LogP contribution in [0.4, 0.5) is 0 Å². The fraction of sp³-hybridized carbons (Fsp3) is 0.650. The second kappa shape index (κ2) is 8.64. The third-order valence-electron chi connectivity index (χ3n) is 6.60. The van der Waals surface area contributed by atoms with Crippen molar-refractivity contribution in [2.75, 3.05) is 19.6 Å². The highest BCUT2D eigenvalue weighted by atomic mass is 127. The van der Waals surface area contributed by atoms with Gasteiger partial charge in [0, 0.05) is 32.6 Å². The molecule has 5 rings (SSSR count). The summed E-state index contributed by atoms with van der Waals surface area (Å²) in [5, 5.41) is 14.9. The number of nitrogens with one attached hydrogen (secondary N) is 2. The van der Waals surface area contributed by atoms with Crippen LogP contribution in [0.3, 0.4) is 0 Å². The lowest BCUT2D eigenvalue weighted by Gasteiger charge is -2.18. The molecule has 1 saturated carbocycles. The number of aromatic nitrogens is 3.